The summed E-state index contributed by atoms with van der Waals surface area (Å²) in [4.78, 5) is 73.0. The highest BCUT2D eigenvalue weighted by Gasteiger charge is 2.25. The van der Waals surface area contributed by atoms with Crippen LogP contribution in [-0.2, 0) is 99.1 Å². The third-order valence-electron chi connectivity index (χ3n) is 14.3. The Labute approximate surface area is 499 Å². The Kier molecular flexibility index (Phi) is 29.9. The van der Waals surface area contributed by atoms with Crippen LogP contribution >= 0.6 is 0 Å². The van der Waals surface area contributed by atoms with Crippen LogP contribution in [-0.4, -0.2) is 88.3 Å². The lowest BCUT2D eigenvalue weighted by Gasteiger charge is -2.25. The van der Waals surface area contributed by atoms with Gasteiger partial charge in [0.1, 0.15) is 47.4 Å². The van der Waals surface area contributed by atoms with Gasteiger partial charge in [-0.1, -0.05) is 115 Å². The van der Waals surface area contributed by atoms with Gasteiger partial charge in [-0.15, -0.1) is 0 Å². The van der Waals surface area contributed by atoms with Crippen molar-refractivity contribution < 1.29 is 66.7 Å². The average molecular weight is 1160 g/mol. The predicted octanol–water partition coefficient (Wildman–Crippen LogP) is 13.3. The third kappa shape index (κ3) is 23.1. The molecule has 14 nitrogen and oxygen atoms in total. The second-order valence-corrected chi connectivity index (χ2v) is 21.8. The minimum atomic E-state index is -0.545. The van der Waals surface area contributed by atoms with Crippen molar-refractivity contribution in [1.29, 1.82) is 0 Å². The van der Waals surface area contributed by atoms with Gasteiger partial charge in [-0.25, -0.2) is 9.59 Å². The number of aryl methyl sites for hydroxylation is 4. The summed E-state index contributed by atoms with van der Waals surface area (Å²) in [6, 6.07) is 17.7. The van der Waals surface area contributed by atoms with Crippen LogP contribution in [0.5, 0.6) is 23.0 Å². The van der Waals surface area contributed by atoms with Gasteiger partial charge in [-0.2, -0.15) is 0 Å². The Balaban J connectivity index is 1.88. The molecular formula is C70H92O14. The van der Waals surface area contributed by atoms with Crippen molar-refractivity contribution in [3.05, 3.63) is 141 Å². The molecule has 0 amide bonds. The Morgan fingerprint density at radius 1 is 0.357 bits per heavy atom. The number of carbonyl (C=O) groups excluding carboxylic acids is 6. The molecular weight excluding hydrogens is 1060 g/mol. The van der Waals surface area contributed by atoms with Crippen LogP contribution in [0.2, 0.25) is 0 Å². The van der Waals surface area contributed by atoms with Crippen LogP contribution in [0.4, 0.5) is 0 Å². The van der Waals surface area contributed by atoms with Crippen LogP contribution in [0.15, 0.2) is 73.8 Å². The van der Waals surface area contributed by atoms with E-state index in [1.54, 1.807) is 0 Å². The third-order valence-corrected chi connectivity index (χ3v) is 14.3. The van der Waals surface area contributed by atoms with Gasteiger partial charge >= 0.3 is 23.9 Å². The lowest BCUT2D eigenvalue weighted by atomic mass is 9.87. The maximum Gasteiger partial charge on any atom is 0.330 e. The highest BCUT2D eigenvalue weighted by atomic mass is 16.5. The highest BCUT2D eigenvalue weighted by molar-refractivity contribution is 5.94. The fraction of sp³-hybridized carbons (Fsp3) is 0.514. The minimum Gasteiger partial charge on any atom is -0.493 e. The van der Waals surface area contributed by atoms with Crippen LogP contribution in [0.3, 0.4) is 0 Å². The van der Waals surface area contributed by atoms with E-state index in [4.69, 9.17) is 37.9 Å². The second-order valence-electron chi connectivity index (χ2n) is 21.8. The number of Topliss-reactive ketones (excluding diaryl/α,β-unsaturated/α-hetero) is 2. The van der Waals surface area contributed by atoms with Crippen molar-refractivity contribution in [2.45, 2.75) is 183 Å². The van der Waals surface area contributed by atoms with E-state index >= 15 is 0 Å². The predicted molar refractivity (Wildman–Crippen MR) is 327 cm³/mol. The number of carbonyl (C=O) groups is 6. The molecule has 0 heterocycles. The molecule has 8 bridgehead atoms. The molecule has 0 unspecified atom stereocenters. The van der Waals surface area contributed by atoms with E-state index in [9.17, 15) is 28.8 Å². The maximum absolute atomic E-state index is 12.5. The van der Waals surface area contributed by atoms with Crippen molar-refractivity contribution in [1.82, 2.24) is 0 Å². The topological polar surface area (TPSA) is 176 Å². The normalized spacial score (nSPS) is 11.7. The maximum atomic E-state index is 12.5. The zero-order valence-corrected chi connectivity index (χ0v) is 51.1. The molecule has 4 aromatic carbocycles. The SMILES string of the molecule is C=CC(=O)OCCCc1cc2c(OCCCC)c(c1)Cc1cc(CCCOC(=O)CC(C)=O)cc(c1OCCCC)Cc1cc(CCCOC(=O)CC(C)=O)cc(c1OCCCC)Cc1cc(CCCOC(=O)C=C)cc(c1OCCCC)C2. The van der Waals surface area contributed by atoms with Gasteiger partial charge in [0.2, 0.25) is 0 Å². The molecule has 0 spiro atoms. The molecule has 1 aliphatic rings. The van der Waals surface area contributed by atoms with Gasteiger partial charge in [-0.3, -0.25) is 19.2 Å². The van der Waals surface area contributed by atoms with Gasteiger partial charge in [-0.05, 0) is 158 Å². The lowest BCUT2D eigenvalue weighted by molar-refractivity contribution is -0.147. The number of rotatable bonds is 38. The summed E-state index contributed by atoms with van der Waals surface area (Å²) in [5.74, 6) is 0.597. The molecule has 5 rings (SSSR count). The Bertz CT molecular complexity index is 2650. The van der Waals surface area contributed by atoms with Crippen LogP contribution in [0.25, 0.3) is 0 Å². The first-order chi connectivity index (χ1) is 40.7. The van der Waals surface area contributed by atoms with Gasteiger partial charge in [0.05, 0.1) is 52.9 Å². The molecule has 0 aliphatic heterocycles. The van der Waals surface area contributed by atoms with E-state index in [1.807, 2.05) is 0 Å². The molecule has 0 aromatic heterocycles. The minimum absolute atomic E-state index is 0.147. The fourth-order valence-electron chi connectivity index (χ4n) is 10.2. The van der Waals surface area contributed by atoms with Crippen molar-refractivity contribution in [3.63, 3.8) is 0 Å². The monoisotopic (exact) mass is 1160 g/mol. The summed E-state index contributed by atoms with van der Waals surface area (Å²) < 4.78 is 50.2. The van der Waals surface area contributed by atoms with E-state index in [-0.39, 0.29) is 50.8 Å². The molecule has 0 atom stereocenters. The molecule has 0 fully saturated rings. The molecule has 0 saturated carbocycles. The number of ether oxygens (including phenoxy) is 8. The van der Waals surface area contributed by atoms with Crippen molar-refractivity contribution in [2.75, 3.05) is 52.9 Å². The first kappa shape index (κ1) is 67.6. The number of fused-ring (bicyclic) bond motifs is 8. The standard InChI is InChI=1S/C70H92O14/c1-9-15-27-81-67-55-37-51(23-19-31-77-63(73)13-5)39-57(67)46-59-41-53(25-21-33-79-65(75)35-49(7)71)43-61(69(59)83-29-17-11-3)48-62-44-54(26-22-34-80-66(76)36-50(8)72)42-60(70(62)84-30-18-12-4)47-58-40-52(24-20-32-78-64(74)14-6)38-56(45-55)68(58)82-28-16-10-2/h13-14,37-44H,5-6,9-12,15-36,45-48H2,1-4,7-8H3. The van der Waals surface area contributed by atoms with Crippen LogP contribution < -0.4 is 18.9 Å². The van der Waals surface area contributed by atoms with Crippen molar-refractivity contribution in [3.8, 4) is 23.0 Å². The lowest BCUT2D eigenvalue weighted by Crippen LogP contribution is -2.13. The zero-order chi connectivity index (χ0) is 60.6. The molecule has 0 radical (unpaired) electrons. The second kappa shape index (κ2) is 37.2. The highest BCUT2D eigenvalue weighted by Crippen LogP contribution is 2.42. The number of ketones is 2. The quantitative estimate of drug-likeness (QED) is 0.0120. The van der Waals surface area contributed by atoms with Crippen molar-refractivity contribution >= 4 is 35.4 Å². The average Bonchev–Trinajstić information content (AvgIpc) is 3.64. The van der Waals surface area contributed by atoms with Crippen LogP contribution in [0, 0.1) is 0 Å². The van der Waals surface area contributed by atoms with E-state index < -0.39 is 23.9 Å². The van der Waals surface area contributed by atoms with Crippen molar-refractivity contribution in [2.24, 2.45) is 0 Å². The molecule has 14 heteroatoms. The summed E-state index contributed by atoms with van der Waals surface area (Å²) in [6.07, 6.45) is 15.1. The van der Waals surface area contributed by atoms with E-state index in [1.165, 1.54) is 26.0 Å². The summed E-state index contributed by atoms with van der Waals surface area (Å²) in [5.41, 5.74) is 11.9. The number of benzene rings is 4. The first-order valence-electron chi connectivity index (χ1n) is 30.7. The largest absolute Gasteiger partial charge is 0.493 e. The molecule has 0 saturated heterocycles. The Hall–Kier alpha value is -7.22. The van der Waals surface area contributed by atoms with E-state index in [0.717, 1.165) is 141 Å². The van der Waals surface area contributed by atoms with E-state index in [0.29, 0.717) is 103 Å². The Morgan fingerprint density at radius 2 is 0.583 bits per heavy atom. The number of esters is 4. The zero-order valence-electron chi connectivity index (χ0n) is 51.1. The van der Waals surface area contributed by atoms with Gasteiger partial charge in [0, 0.05) is 37.8 Å². The fourth-order valence-corrected chi connectivity index (χ4v) is 10.2. The summed E-state index contributed by atoms with van der Waals surface area (Å²) in [5, 5.41) is 0. The number of hydrogen-bond acceptors (Lipinski definition) is 14. The number of unbranched alkanes of at least 4 members (excludes halogenated alkanes) is 4. The number of hydrogen-bond donors (Lipinski definition) is 0. The van der Waals surface area contributed by atoms with Crippen LogP contribution in [0.1, 0.15) is 198 Å². The first-order valence-corrected chi connectivity index (χ1v) is 30.7. The van der Waals surface area contributed by atoms with E-state index in [2.05, 4.69) is 89.4 Å². The molecule has 4 aromatic rings. The van der Waals surface area contributed by atoms with Gasteiger partial charge in [0.15, 0.2) is 0 Å². The molecule has 84 heavy (non-hydrogen) atoms. The van der Waals surface area contributed by atoms with Gasteiger partial charge < -0.3 is 37.9 Å². The molecule has 1 aliphatic carbocycles. The summed E-state index contributed by atoms with van der Waals surface area (Å²) in [7, 11) is 0. The molecule has 0 N–H and O–H groups in total. The summed E-state index contributed by atoms with van der Waals surface area (Å²) >= 11 is 0. The van der Waals surface area contributed by atoms with Gasteiger partial charge in [0.25, 0.3) is 0 Å². The Morgan fingerprint density at radius 3 is 0.786 bits per heavy atom. The summed E-state index contributed by atoms with van der Waals surface area (Å²) in [6.45, 7) is 21.2. The molecule has 456 valence electrons. The smallest absolute Gasteiger partial charge is 0.330 e.